The number of carbonyl (C=O) groups is 1. The normalized spacial score (nSPS) is 33.3. The van der Waals surface area contributed by atoms with Crippen LogP contribution < -0.4 is 15.4 Å². The molecule has 0 heterocycles. The molecular weight excluding hydrogens is 307 g/mol. The summed E-state index contributed by atoms with van der Waals surface area (Å²) in [5.74, 6) is 3.34. The van der Waals surface area contributed by atoms with Gasteiger partial charge in [-0.05, 0) is 67.9 Å². The Morgan fingerprint density at radius 1 is 1.12 bits per heavy atom. The smallest absolute Gasteiger partial charge is 0.315 e. The maximum absolute atomic E-state index is 13.0. The summed E-state index contributed by atoms with van der Waals surface area (Å²) >= 11 is 0. The third-order valence-corrected chi connectivity index (χ3v) is 5.98. The molecule has 4 bridgehead atoms. The number of hydrogen-bond acceptors (Lipinski definition) is 2. The molecule has 2 amide bonds. The number of hydrogen-bond donors (Lipinski definition) is 2. The zero-order valence-electron chi connectivity index (χ0n) is 13.8. The summed E-state index contributed by atoms with van der Waals surface area (Å²) in [6.45, 7) is 0.744. The highest BCUT2D eigenvalue weighted by Gasteiger charge is 2.48. The third kappa shape index (κ3) is 3.35. The van der Waals surface area contributed by atoms with Crippen molar-refractivity contribution in [3.63, 3.8) is 0 Å². The molecule has 0 saturated heterocycles. The maximum atomic E-state index is 13.0. The second-order valence-electron chi connectivity index (χ2n) is 7.66. The topological polar surface area (TPSA) is 50.4 Å². The number of amides is 2. The standard InChI is InChI=1S/C19H25FN2O2/c20-16-2-1-3-17(11-16)24-5-4-21-19(23)22-18-14-7-12-6-13(9-14)10-15(18)8-12/h1-3,11-15,18H,4-10H2,(H2,21,22,23). The van der Waals surface area contributed by atoms with Gasteiger partial charge in [0.05, 0.1) is 6.54 Å². The van der Waals surface area contributed by atoms with Crippen molar-refractivity contribution in [3.05, 3.63) is 30.1 Å². The molecular formula is C19H25FN2O2. The number of carbonyl (C=O) groups excluding carboxylic acids is 1. The van der Waals surface area contributed by atoms with Crippen LogP contribution in [0.5, 0.6) is 5.75 Å². The maximum Gasteiger partial charge on any atom is 0.315 e. The molecule has 1 aromatic rings. The van der Waals surface area contributed by atoms with Crippen LogP contribution in [-0.2, 0) is 0 Å². The average Bonchev–Trinajstić information content (AvgIpc) is 2.54. The largest absolute Gasteiger partial charge is 0.492 e. The predicted octanol–water partition coefficient (Wildman–Crippen LogP) is 3.33. The predicted molar refractivity (Wildman–Crippen MR) is 89.3 cm³/mol. The number of rotatable bonds is 5. The molecule has 2 N–H and O–H groups in total. The van der Waals surface area contributed by atoms with Gasteiger partial charge >= 0.3 is 6.03 Å². The van der Waals surface area contributed by atoms with Crippen LogP contribution >= 0.6 is 0 Å². The summed E-state index contributed by atoms with van der Waals surface area (Å²) in [5, 5.41) is 6.06. The van der Waals surface area contributed by atoms with Gasteiger partial charge in [0.1, 0.15) is 18.2 Å². The van der Waals surface area contributed by atoms with Gasteiger partial charge in [0, 0.05) is 12.1 Å². The Labute approximate surface area is 142 Å². The van der Waals surface area contributed by atoms with Crippen LogP contribution in [0.15, 0.2) is 24.3 Å². The minimum atomic E-state index is -0.319. The van der Waals surface area contributed by atoms with Crippen LogP contribution in [0.25, 0.3) is 0 Å². The molecule has 5 rings (SSSR count). The fourth-order valence-electron chi connectivity index (χ4n) is 5.25. The number of urea groups is 1. The molecule has 0 aromatic heterocycles. The van der Waals surface area contributed by atoms with Crippen molar-refractivity contribution in [1.29, 1.82) is 0 Å². The summed E-state index contributed by atoms with van der Waals surface area (Å²) < 4.78 is 18.5. The van der Waals surface area contributed by atoms with Crippen molar-refractivity contribution >= 4 is 6.03 Å². The molecule has 130 valence electrons. The van der Waals surface area contributed by atoms with E-state index in [4.69, 9.17) is 4.74 Å². The fourth-order valence-corrected chi connectivity index (χ4v) is 5.25. The fraction of sp³-hybridized carbons (Fsp3) is 0.632. The molecule has 4 nitrogen and oxygen atoms in total. The van der Waals surface area contributed by atoms with E-state index >= 15 is 0 Å². The molecule has 0 spiro atoms. The van der Waals surface area contributed by atoms with Gasteiger partial charge in [-0.15, -0.1) is 0 Å². The molecule has 4 aliphatic rings. The second kappa shape index (κ2) is 6.61. The van der Waals surface area contributed by atoms with E-state index in [-0.39, 0.29) is 11.8 Å². The van der Waals surface area contributed by atoms with Crippen LogP contribution in [0, 0.1) is 29.5 Å². The lowest BCUT2D eigenvalue weighted by Gasteiger charge is -2.54. The van der Waals surface area contributed by atoms with Gasteiger partial charge in [-0.25, -0.2) is 9.18 Å². The van der Waals surface area contributed by atoms with Gasteiger partial charge < -0.3 is 15.4 Å². The molecule has 0 radical (unpaired) electrons. The van der Waals surface area contributed by atoms with E-state index in [9.17, 15) is 9.18 Å². The van der Waals surface area contributed by atoms with Crippen LogP contribution in [-0.4, -0.2) is 25.2 Å². The first-order valence-electron chi connectivity index (χ1n) is 9.10. The lowest BCUT2D eigenvalue weighted by Crippen LogP contribution is -2.57. The average molecular weight is 332 g/mol. The van der Waals surface area contributed by atoms with E-state index in [0.717, 1.165) is 11.8 Å². The molecule has 4 fully saturated rings. The van der Waals surface area contributed by atoms with Gasteiger partial charge in [-0.2, -0.15) is 0 Å². The molecule has 0 atom stereocenters. The number of benzene rings is 1. The van der Waals surface area contributed by atoms with Crippen LogP contribution in [0.1, 0.15) is 32.1 Å². The zero-order chi connectivity index (χ0) is 16.5. The SMILES string of the molecule is O=C(NCCOc1cccc(F)c1)NC1C2CC3CC(C2)CC1C3. The van der Waals surface area contributed by atoms with Gasteiger partial charge in [0.2, 0.25) is 0 Å². The van der Waals surface area contributed by atoms with Crippen molar-refractivity contribution in [2.75, 3.05) is 13.2 Å². The molecule has 0 aliphatic heterocycles. The van der Waals surface area contributed by atoms with Gasteiger partial charge in [-0.3, -0.25) is 0 Å². The summed E-state index contributed by atoms with van der Waals surface area (Å²) in [7, 11) is 0. The molecule has 1 aromatic carbocycles. The van der Waals surface area contributed by atoms with E-state index in [2.05, 4.69) is 10.6 Å². The lowest BCUT2D eigenvalue weighted by molar-refractivity contribution is -0.00942. The molecule has 0 unspecified atom stereocenters. The van der Waals surface area contributed by atoms with Crippen molar-refractivity contribution in [1.82, 2.24) is 10.6 Å². The van der Waals surface area contributed by atoms with E-state index in [1.807, 2.05) is 0 Å². The number of ether oxygens (including phenoxy) is 1. The Bertz CT molecular complexity index is 579. The monoisotopic (exact) mass is 332 g/mol. The summed E-state index contributed by atoms with van der Waals surface area (Å²) in [6, 6.07) is 6.28. The quantitative estimate of drug-likeness (QED) is 0.813. The van der Waals surface area contributed by atoms with E-state index in [1.54, 1.807) is 12.1 Å². The summed E-state index contributed by atoms with van der Waals surface area (Å²) in [6.07, 6.45) is 6.59. The first-order chi connectivity index (χ1) is 11.7. The molecule has 4 aliphatic carbocycles. The Balaban J connectivity index is 1.20. The van der Waals surface area contributed by atoms with E-state index in [1.165, 1.54) is 44.2 Å². The third-order valence-electron chi connectivity index (χ3n) is 5.98. The second-order valence-corrected chi connectivity index (χ2v) is 7.66. The highest BCUT2D eigenvalue weighted by atomic mass is 19.1. The zero-order valence-corrected chi connectivity index (χ0v) is 13.8. The summed E-state index contributed by atoms with van der Waals surface area (Å²) in [4.78, 5) is 12.2. The van der Waals surface area contributed by atoms with Crippen molar-refractivity contribution in [3.8, 4) is 5.75 Å². The van der Waals surface area contributed by atoms with Crippen LogP contribution in [0.3, 0.4) is 0 Å². The van der Waals surface area contributed by atoms with E-state index < -0.39 is 0 Å². The Morgan fingerprint density at radius 2 is 1.83 bits per heavy atom. The van der Waals surface area contributed by atoms with E-state index in [0.29, 0.717) is 36.8 Å². The number of halogens is 1. The van der Waals surface area contributed by atoms with Crippen molar-refractivity contribution in [2.45, 2.75) is 38.1 Å². The lowest BCUT2D eigenvalue weighted by atomic mass is 9.54. The van der Waals surface area contributed by atoms with Gasteiger partial charge in [0.15, 0.2) is 0 Å². The molecule has 24 heavy (non-hydrogen) atoms. The highest BCUT2D eigenvalue weighted by molar-refractivity contribution is 5.74. The number of nitrogens with one attached hydrogen (secondary N) is 2. The van der Waals surface area contributed by atoms with Crippen LogP contribution in [0.2, 0.25) is 0 Å². The van der Waals surface area contributed by atoms with Gasteiger partial charge in [-0.1, -0.05) is 6.07 Å². The minimum absolute atomic E-state index is 0.102. The first kappa shape index (κ1) is 15.7. The highest BCUT2D eigenvalue weighted by Crippen LogP contribution is 2.53. The van der Waals surface area contributed by atoms with Crippen LogP contribution in [0.4, 0.5) is 9.18 Å². The van der Waals surface area contributed by atoms with Crippen molar-refractivity contribution in [2.24, 2.45) is 23.7 Å². The van der Waals surface area contributed by atoms with Gasteiger partial charge in [0.25, 0.3) is 0 Å². The molecule has 4 saturated carbocycles. The molecule has 5 heteroatoms. The van der Waals surface area contributed by atoms with Crippen molar-refractivity contribution < 1.29 is 13.9 Å². The minimum Gasteiger partial charge on any atom is -0.492 e. The first-order valence-corrected chi connectivity index (χ1v) is 9.10. The Hall–Kier alpha value is -1.78. The summed E-state index contributed by atoms with van der Waals surface area (Å²) in [5.41, 5.74) is 0. The Kier molecular flexibility index (Phi) is 4.33. The Morgan fingerprint density at radius 3 is 2.50 bits per heavy atom.